The van der Waals surface area contributed by atoms with Crippen LogP contribution in [0.15, 0.2) is 30.3 Å². The van der Waals surface area contributed by atoms with E-state index >= 15 is 0 Å². The highest BCUT2D eigenvalue weighted by Crippen LogP contribution is 2.20. The zero-order valence-corrected chi connectivity index (χ0v) is 14.9. The zero-order valence-electron chi connectivity index (χ0n) is 14.1. The maximum atomic E-state index is 11.6. The third kappa shape index (κ3) is 6.03. The predicted octanol–water partition coefficient (Wildman–Crippen LogP) is 1.80. The molecule has 2 aromatic rings. The highest BCUT2D eigenvalue weighted by Gasteiger charge is 2.11. The van der Waals surface area contributed by atoms with Crippen LogP contribution in [0.1, 0.15) is 19.0 Å². The number of rotatable bonds is 6. The fraction of sp³-hybridized carbons (Fsp3) is 0.312. The van der Waals surface area contributed by atoms with Crippen LogP contribution in [-0.4, -0.2) is 37.2 Å². The number of carbonyl (C=O) groups excluding carboxylic acids is 1. The molecule has 0 aliphatic carbocycles. The average Bonchev–Trinajstić information content (AvgIpc) is 2.51. The third-order valence-electron chi connectivity index (χ3n) is 3.15. The summed E-state index contributed by atoms with van der Waals surface area (Å²) < 4.78 is 22.9. The van der Waals surface area contributed by atoms with Gasteiger partial charge in [-0.1, -0.05) is 6.92 Å². The highest BCUT2D eigenvalue weighted by atomic mass is 32.2. The molecule has 0 saturated carbocycles. The van der Waals surface area contributed by atoms with Gasteiger partial charge < -0.3 is 16.4 Å². The minimum Gasteiger partial charge on any atom is -0.384 e. The summed E-state index contributed by atoms with van der Waals surface area (Å²) in [5.41, 5.74) is 7.38. The smallest absolute Gasteiger partial charge is 0.319 e. The van der Waals surface area contributed by atoms with Crippen molar-refractivity contribution < 1.29 is 13.2 Å². The number of amides is 2. The number of nitrogens with two attached hydrogens (primary N) is 1. The van der Waals surface area contributed by atoms with Crippen molar-refractivity contribution in [1.29, 1.82) is 0 Å². The number of nitrogen functional groups attached to an aromatic ring is 1. The van der Waals surface area contributed by atoms with Gasteiger partial charge in [0.05, 0.1) is 11.4 Å². The summed E-state index contributed by atoms with van der Waals surface area (Å²) in [6, 6.07) is 8.06. The van der Waals surface area contributed by atoms with Gasteiger partial charge in [0.25, 0.3) is 0 Å². The predicted molar refractivity (Wildman–Crippen MR) is 97.7 cm³/mol. The Morgan fingerprint density at radius 1 is 1.20 bits per heavy atom. The van der Waals surface area contributed by atoms with Gasteiger partial charge in [-0.05, 0) is 30.7 Å². The van der Waals surface area contributed by atoms with Crippen molar-refractivity contribution >= 4 is 27.4 Å². The molecule has 1 aromatic carbocycles. The van der Waals surface area contributed by atoms with Crippen molar-refractivity contribution in [2.45, 2.75) is 19.1 Å². The highest BCUT2D eigenvalue weighted by molar-refractivity contribution is 7.89. The topological polar surface area (TPSA) is 127 Å². The van der Waals surface area contributed by atoms with E-state index < -0.39 is 9.84 Å². The van der Waals surface area contributed by atoms with Gasteiger partial charge in [0, 0.05) is 30.1 Å². The van der Waals surface area contributed by atoms with Crippen LogP contribution in [0.25, 0.3) is 11.4 Å². The molecule has 0 aliphatic heterocycles. The number of urea groups is 1. The zero-order chi connectivity index (χ0) is 18.4. The molecule has 0 bridgehead atoms. The molecule has 2 rings (SSSR count). The lowest BCUT2D eigenvalue weighted by molar-refractivity contribution is 0.252. The summed E-state index contributed by atoms with van der Waals surface area (Å²) in [4.78, 5) is 20.0. The number of carbonyl (C=O) groups is 1. The van der Waals surface area contributed by atoms with Gasteiger partial charge in [0.15, 0.2) is 15.7 Å². The van der Waals surface area contributed by atoms with Crippen LogP contribution < -0.4 is 16.4 Å². The first-order valence-electron chi connectivity index (χ1n) is 7.73. The van der Waals surface area contributed by atoms with Crippen molar-refractivity contribution in [3.05, 3.63) is 36.0 Å². The van der Waals surface area contributed by atoms with Crippen molar-refractivity contribution in [2.24, 2.45) is 0 Å². The third-order valence-corrected chi connectivity index (χ3v) is 3.97. The number of nitrogens with one attached hydrogen (secondary N) is 2. The van der Waals surface area contributed by atoms with Crippen LogP contribution in [0.5, 0.6) is 0 Å². The first kappa shape index (κ1) is 18.7. The summed E-state index contributed by atoms with van der Waals surface area (Å²) >= 11 is 0. The van der Waals surface area contributed by atoms with Crippen molar-refractivity contribution in [3.63, 3.8) is 0 Å². The van der Waals surface area contributed by atoms with Crippen LogP contribution in [-0.2, 0) is 15.6 Å². The molecule has 0 saturated heterocycles. The van der Waals surface area contributed by atoms with Gasteiger partial charge in [-0.3, -0.25) is 0 Å². The van der Waals surface area contributed by atoms with E-state index in [0.29, 0.717) is 29.3 Å². The second-order valence-electron chi connectivity index (χ2n) is 5.64. The Kier molecular flexibility index (Phi) is 5.92. The minimum absolute atomic E-state index is 0.199. The molecule has 0 fully saturated rings. The molecule has 134 valence electrons. The Morgan fingerprint density at radius 2 is 1.88 bits per heavy atom. The molecule has 25 heavy (non-hydrogen) atoms. The molecule has 9 heteroatoms. The molecule has 0 radical (unpaired) electrons. The van der Waals surface area contributed by atoms with Crippen molar-refractivity contribution in [2.75, 3.05) is 23.9 Å². The lowest BCUT2D eigenvalue weighted by atomic mass is 10.2. The molecule has 1 heterocycles. The molecule has 1 aromatic heterocycles. The van der Waals surface area contributed by atoms with Crippen molar-refractivity contribution in [1.82, 2.24) is 15.3 Å². The summed E-state index contributed by atoms with van der Waals surface area (Å²) in [7, 11) is -3.22. The van der Waals surface area contributed by atoms with Gasteiger partial charge in [0.1, 0.15) is 5.82 Å². The largest absolute Gasteiger partial charge is 0.384 e. The molecule has 0 unspecified atom stereocenters. The molecule has 0 atom stereocenters. The summed E-state index contributed by atoms with van der Waals surface area (Å²) in [5, 5.41) is 5.43. The molecule has 8 nitrogen and oxygen atoms in total. The molecule has 0 aliphatic rings. The number of hydrogen-bond donors (Lipinski definition) is 3. The van der Waals surface area contributed by atoms with E-state index in [0.717, 1.165) is 12.7 Å². The first-order valence-corrected chi connectivity index (χ1v) is 9.79. The van der Waals surface area contributed by atoms with Gasteiger partial charge in [-0.2, -0.15) is 0 Å². The number of sulfone groups is 1. The second kappa shape index (κ2) is 7.93. The molecular formula is C16H21N5O3S. The SMILES string of the molecule is CCCNC(=O)Nc1ccc(-c2nc(N)cc(CS(C)(=O)=O)n2)cc1. The maximum absolute atomic E-state index is 11.6. The first-order chi connectivity index (χ1) is 11.8. The molecule has 4 N–H and O–H groups in total. The number of aromatic nitrogens is 2. The van der Waals surface area contributed by atoms with Gasteiger partial charge in [0.2, 0.25) is 0 Å². The van der Waals surface area contributed by atoms with Gasteiger partial charge in [-0.15, -0.1) is 0 Å². The lowest BCUT2D eigenvalue weighted by Gasteiger charge is -2.08. The van der Waals surface area contributed by atoms with E-state index in [1.165, 1.54) is 6.07 Å². The van der Waals surface area contributed by atoms with E-state index in [2.05, 4.69) is 20.6 Å². The Bertz CT molecular complexity index is 851. The fourth-order valence-corrected chi connectivity index (χ4v) is 2.79. The Balaban J connectivity index is 2.18. The van der Waals surface area contributed by atoms with E-state index in [1.54, 1.807) is 24.3 Å². The lowest BCUT2D eigenvalue weighted by Crippen LogP contribution is -2.29. The Hall–Kier alpha value is -2.68. The minimum atomic E-state index is -3.22. The van der Waals surface area contributed by atoms with E-state index in [9.17, 15) is 13.2 Å². The summed E-state index contributed by atoms with van der Waals surface area (Å²) in [6.07, 6.45) is 1.99. The number of nitrogens with zero attached hydrogens (tertiary/aromatic N) is 2. The van der Waals surface area contributed by atoms with Crippen molar-refractivity contribution in [3.8, 4) is 11.4 Å². The normalized spacial score (nSPS) is 11.1. The number of anilines is 2. The quantitative estimate of drug-likeness (QED) is 0.718. The monoisotopic (exact) mass is 363 g/mol. The Morgan fingerprint density at radius 3 is 2.48 bits per heavy atom. The van der Waals surface area contributed by atoms with Gasteiger partial charge >= 0.3 is 6.03 Å². The van der Waals surface area contributed by atoms with E-state index in [1.807, 2.05) is 6.92 Å². The van der Waals surface area contributed by atoms with Crippen LogP contribution >= 0.6 is 0 Å². The summed E-state index contributed by atoms with van der Waals surface area (Å²) in [6.45, 7) is 2.57. The van der Waals surface area contributed by atoms with Crippen LogP contribution in [0, 0.1) is 0 Å². The average molecular weight is 363 g/mol. The molecular weight excluding hydrogens is 342 g/mol. The van der Waals surface area contributed by atoms with Crippen LogP contribution in [0.4, 0.5) is 16.3 Å². The fourth-order valence-electron chi connectivity index (χ4n) is 2.11. The molecule has 0 spiro atoms. The number of benzene rings is 1. The van der Waals surface area contributed by atoms with E-state index in [4.69, 9.17) is 5.73 Å². The number of hydrogen-bond acceptors (Lipinski definition) is 6. The summed E-state index contributed by atoms with van der Waals surface area (Å²) in [5.74, 6) is 0.328. The van der Waals surface area contributed by atoms with Gasteiger partial charge in [-0.25, -0.2) is 23.2 Å². The van der Waals surface area contributed by atoms with Crippen LogP contribution in [0.2, 0.25) is 0 Å². The van der Waals surface area contributed by atoms with Crippen LogP contribution in [0.3, 0.4) is 0 Å². The van der Waals surface area contributed by atoms with E-state index in [-0.39, 0.29) is 17.6 Å². The maximum Gasteiger partial charge on any atom is 0.319 e. The molecule has 2 amide bonds. The standard InChI is InChI=1S/C16H21N5O3S/c1-3-8-18-16(22)20-12-6-4-11(5-7-12)15-19-13(9-14(17)21-15)10-25(2,23)24/h4-7,9H,3,8,10H2,1-2H3,(H2,17,19,21)(H2,18,20,22). The second-order valence-corrected chi connectivity index (χ2v) is 7.78. The Labute approximate surface area is 146 Å².